The first-order chi connectivity index (χ1) is 9.43. The Hall–Kier alpha value is -1.56. The fourth-order valence-electron chi connectivity index (χ4n) is 2.56. The smallest absolute Gasteiger partial charge is 0.416 e. The number of halogens is 3. The van der Waals surface area contributed by atoms with Crippen LogP contribution in [0.15, 0.2) is 24.3 Å². The molecule has 2 atom stereocenters. The number of nitrogens with one attached hydrogen (secondary N) is 1. The molecule has 0 aromatic heterocycles. The average Bonchev–Trinajstić information content (AvgIpc) is 2.45. The van der Waals surface area contributed by atoms with Crippen molar-refractivity contribution >= 4 is 5.97 Å². The third-order valence-corrected chi connectivity index (χ3v) is 3.65. The summed E-state index contributed by atoms with van der Waals surface area (Å²) in [5.41, 5.74) is 0.0419. The Morgan fingerprint density at radius 3 is 2.50 bits per heavy atom. The lowest BCUT2D eigenvalue weighted by Gasteiger charge is -2.30. The highest BCUT2D eigenvalue weighted by Gasteiger charge is 2.34. The molecule has 0 aliphatic carbocycles. The number of carbonyl (C=O) groups excluding carboxylic acids is 1. The van der Waals surface area contributed by atoms with Crippen molar-refractivity contribution in [1.29, 1.82) is 0 Å². The molecule has 0 spiro atoms. The van der Waals surface area contributed by atoms with Gasteiger partial charge in [0.1, 0.15) is 0 Å². The number of benzene rings is 1. The number of alkyl halides is 3. The number of piperidine rings is 1. The molecule has 2 rings (SSSR count). The van der Waals surface area contributed by atoms with E-state index in [-0.39, 0.29) is 17.8 Å². The van der Waals surface area contributed by atoms with Crippen LogP contribution in [0, 0.1) is 5.92 Å². The van der Waals surface area contributed by atoms with Gasteiger partial charge in [0.25, 0.3) is 0 Å². The predicted molar refractivity (Wildman–Crippen MR) is 67.2 cm³/mol. The van der Waals surface area contributed by atoms with Crippen LogP contribution in [0.2, 0.25) is 0 Å². The second-order valence-corrected chi connectivity index (χ2v) is 4.85. The number of carbonyl (C=O) groups is 1. The Morgan fingerprint density at radius 2 is 1.95 bits per heavy atom. The van der Waals surface area contributed by atoms with Gasteiger partial charge in [-0.2, -0.15) is 13.2 Å². The van der Waals surface area contributed by atoms with Crippen LogP contribution < -0.4 is 5.32 Å². The van der Waals surface area contributed by atoms with E-state index in [9.17, 15) is 18.0 Å². The SMILES string of the molecule is COC(=O)[C@@H]1CCNC[C@H]1c1ccc(C(F)(F)F)cc1. The molecule has 1 saturated heterocycles. The molecule has 3 nitrogen and oxygen atoms in total. The van der Waals surface area contributed by atoms with Gasteiger partial charge < -0.3 is 10.1 Å². The van der Waals surface area contributed by atoms with Crippen molar-refractivity contribution in [3.05, 3.63) is 35.4 Å². The van der Waals surface area contributed by atoms with Crippen molar-refractivity contribution in [2.45, 2.75) is 18.5 Å². The van der Waals surface area contributed by atoms with Gasteiger partial charge in [-0.15, -0.1) is 0 Å². The molecule has 1 N–H and O–H groups in total. The minimum atomic E-state index is -4.34. The van der Waals surface area contributed by atoms with Crippen LogP contribution in [0.1, 0.15) is 23.5 Å². The summed E-state index contributed by atoms with van der Waals surface area (Å²) in [7, 11) is 1.33. The molecule has 1 aromatic carbocycles. The van der Waals surface area contributed by atoms with Crippen LogP contribution in [0.4, 0.5) is 13.2 Å². The summed E-state index contributed by atoms with van der Waals surface area (Å²) in [4.78, 5) is 11.7. The highest BCUT2D eigenvalue weighted by Crippen LogP contribution is 2.33. The number of ether oxygens (including phenoxy) is 1. The third-order valence-electron chi connectivity index (χ3n) is 3.65. The van der Waals surface area contributed by atoms with Crippen LogP contribution in [0.25, 0.3) is 0 Å². The van der Waals surface area contributed by atoms with E-state index >= 15 is 0 Å². The maximum absolute atomic E-state index is 12.5. The molecule has 0 amide bonds. The van der Waals surface area contributed by atoms with Crippen LogP contribution in [-0.2, 0) is 15.7 Å². The first-order valence-corrected chi connectivity index (χ1v) is 6.39. The largest absolute Gasteiger partial charge is 0.469 e. The summed E-state index contributed by atoms with van der Waals surface area (Å²) in [5.74, 6) is -0.770. The normalized spacial score (nSPS) is 23.4. The van der Waals surface area contributed by atoms with E-state index in [0.717, 1.165) is 17.7 Å². The molecule has 6 heteroatoms. The molecule has 1 fully saturated rings. The van der Waals surface area contributed by atoms with Crippen molar-refractivity contribution in [3.8, 4) is 0 Å². The lowest BCUT2D eigenvalue weighted by Crippen LogP contribution is -2.39. The zero-order valence-corrected chi connectivity index (χ0v) is 11.0. The molecule has 1 heterocycles. The van der Waals surface area contributed by atoms with E-state index in [1.807, 2.05) is 0 Å². The topological polar surface area (TPSA) is 38.3 Å². The predicted octanol–water partition coefficient (Wildman–Crippen LogP) is 2.57. The van der Waals surface area contributed by atoms with Crippen molar-refractivity contribution in [2.75, 3.05) is 20.2 Å². The molecule has 1 aromatic rings. The standard InChI is InChI=1S/C14H16F3NO2/c1-20-13(19)11-6-7-18-8-12(11)9-2-4-10(5-3-9)14(15,16)17/h2-5,11-12,18H,6-8H2,1H3/t11-,12+/m1/s1. The lowest BCUT2D eigenvalue weighted by atomic mass is 9.81. The van der Waals surface area contributed by atoms with Crippen molar-refractivity contribution in [3.63, 3.8) is 0 Å². The van der Waals surface area contributed by atoms with Gasteiger partial charge in [-0.25, -0.2) is 0 Å². The Kier molecular flexibility index (Phi) is 4.32. The molecule has 0 bridgehead atoms. The Bertz CT molecular complexity index is 470. The molecule has 0 unspecified atom stereocenters. The average molecular weight is 287 g/mol. The van der Waals surface area contributed by atoms with Gasteiger partial charge in [0.15, 0.2) is 0 Å². The van der Waals surface area contributed by atoms with Crippen LogP contribution in [-0.4, -0.2) is 26.2 Å². The minimum absolute atomic E-state index is 0.154. The fraction of sp³-hybridized carbons (Fsp3) is 0.500. The summed E-state index contributed by atoms with van der Waals surface area (Å²) in [6.45, 7) is 1.27. The molecule has 1 aliphatic rings. The first kappa shape index (κ1) is 14.8. The van der Waals surface area contributed by atoms with Gasteiger partial charge in [0.2, 0.25) is 0 Å². The number of hydrogen-bond acceptors (Lipinski definition) is 3. The molecule has 1 aliphatic heterocycles. The minimum Gasteiger partial charge on any atom is -0.469 e. The first-order valence-electron chi connectivity index (χ1n) is 6.39. The second kappa shape index (κ2) is 5.83. The van der Waals surface area contributed by atoms with Gasteiger partial charge in [0, 0.05) is 12.5 Å². The second-order valence-electron chi connectivity index (χ2n) is 4.85. The number of hydrogen-bond donors (Lipinski definition) is 1. The summed E-state index contributed by atoms with van der Waals surface area (Å²) >= 11 is 0. The number of methoxy groups -OCH3 is 1. The Morgan fingerprint density at radius 1 is 1.30 bits per heavy atom. The van der Waals surface area contributed by atoms with Gasteiger partial charge in [-0.1, -0.05) is 12.1 Å². The monoisotopic (exact) mass is 287 g/mol. The molecule has 0 saturated carbocycles. The van der Waals surface area contributed by atoms with Crippen molar-refractivity contribution in [1.82, 2.24) is 5.32 Å². The fourth-order valence-corrected chi connectivity index (χ4v) is 2.56. The molecular formula is C14H16F3NO2. The van der Waals surface area contributed by atoms with Gasteiger partial charge in [0.05, 0.1) is 18.6 Å². The van der Waals surface area contributed by atoms with Crippen LogP contribution >= 0.6 is 0 Å². The Balaban J connectivity index is 2.22. The molecule has 110 valence electrons. The molecule has 20 heavy (non-hydrogen) atoms. The highest BCUT2D eigenvalue weighted by atomic mass is 19.4. The van der Waals surface area contributed by atoms with Gasteiger partial charge in [-0.3, -0.25) is 4.79 Å². The van der Waals surface area contributed by atoms with Crippen molar-refractivity contribution < 1.29 is 22.7 Å². The summed E-state index contributed by atoms with van der Waals surface area (Å²) in [6.07, 6.45) is -3.72. The van der Waals surface area contributed by atoms with Crippen LogP contribution in [0.5, 0.6) is 0 Å². The summed E-state index contributed by atoms with van der Waals surface area (Å²) in [5, 5.41) is 3.16. The maximum atomic E-state index is 12.5. The third kappa shape index (κ3) is 3.12. The van der Waals surface area contributed by atoms with Crippen molar-refractivity contribution in [2.24, 2.45) is 5.92 Å². The molecule has 0 radical (unpaired) electrons. The number of esters is 1. The van der Waals surface area contributed by atoms with Crippen LogP contribution in [0.3, 0.4) is 0 Å². The van der Waals surface area contributed by atoms with E-state index in [1.165, 1.54) is 19.2 Å². The van der Waals surface area contributed by atoms with Gasteiger partial charge >= 0.3 is 12.1 Å². The van der Waals surface area contributed by atoms with E-state index in [1.54, 1.807) is 0 Å². The molecular weight excluding hydrogens is 271 g/mol. The zero-order valence-electron chi connectivity index (χ0n) is 11.0. The highest BCUT2D eigenvalue weighted by molar-refractivity contribution is 5.73. The van der Waals surface area contributed by atoms with E-state index in [2.05, 4.69) is 5.32 Å². The van der Waals surface area contributed by atoms with Gasteiger partial charge in [-0.05, 0) is 30.7 Å². The zero-order chi connectivity index (χ0) is 14.8. The summed E-state index contributed by atoms with van der Waals surface area (Å²) < 4.78 is 42.4. The van der Waals surface area contributed by atoms with E-state index in [4.69, 9.17) is 4.74 Å². The quantitative estimate of drug-likeness (QED) is 0.850. The van der Waals surface area contributed by atoms with E-state index in [0.29, 0.717) is 19.5 Å². The summed E-state index contributed by atoms with van der Waals surface area (Å²) in [6, 6.07) is 4.99. The van der Waals surface area contributed by atoms with E-state index < -0.39 is 11.7 Å². The Labute approximate surface area is 115 Å². The number of rotatable bonds is 2. The lowest BCUT2D eigenvalue weighted by molar-refractivity contribution is -0.147. The maximum Gasteiger partial charge on any atom is 0.416 e.